The van der Waals surface area contributed by atoms with Gasteiger partial charge in [0.2, 0.25) is 0 Å². The third kappa shape index (κ3) is 3.05. The number of hydrogen-bond donors (Lipinski definition) is 0. The van der Waals surface area contributed by atoms with Crippen LogP contribution in [0.15, 0.2) is 24.3 Å². The van der Waals surface area contributed by atoms with E-state index in [1.165, 1.54) is 6.42 Å². The average Bonchev–Trinajstić information content (AvgIpc) is 2.40. The molecule has 0 N–H and O–H groups in total. The number of alkyl halides is 1. The van der Waals surface area contributed by atoms with E-state index in [0.29, 0.717) is 11.6 Å². The summed E-state index contributed by atoms with van der Waals surface area (Å²) in [6.45, 7) is 3.00. The summed E-state index contributed by atoms with van der Waals surface area (Å²) in [5.74, 6) is 0.905. The van der Waals surface area contributed by atoms with Crippen molar-refractivity contribution >= 4 is 21.8 Å². The van der Waals surface area contributed by atoms with Crippen LogP contribution in [0.3, 0.4) is 0 Å². The molecule has 3 nitrogen and oxygen atoms in total. The van der Waals surface area contributed by atoms with E-state index in [1.54, 1.807) is 0 Å². The maximum atomic E-state index is 12.4. The Morgan fingerprint density at radius 1 is 1.39 bits per heavy atom. The van der Waals surface area contributed by atoms with Gasteiger partial charge in [-0.3, -0.25) is 4.79 Å². The van der Waals surface area contributed by atoms with E-state index in [2.05, 4.69) is 22.9 Å². The molecule has 1 heterocycles. The molecular formula is C14H18BrNO2. The minimum Gasteiger partial charge on any atom is -0.482 e. The average molecular weight is 312 g/mol. The zero-order valence-corrected chi connectivity index (χ0v) is 12.1. The van der Waals surface area contributed by atoms with Crippen LogP contribution in [0.5, 0.6) is 5.75 Å². The lowest BCUT2D eigenvalue weighted by atomic mass is 10.0. The highest BCUT2D eigenvalue weighted by molar-refractivity contribution is 9.09. The van der Waals surface area contributed by atoms with Gasteiger partial charge in [-0.15, -0.1) is 0 Å². The molecule has 18 heavy (non-hydrogen) atoms. The number of carbonyl (C=O) groups excluding carboxylic acids is 1. The van der Waals surface area contributed by atoms with Crippen molar-refractivity contribution in [3.63, 3.8) is 0 Å². The molecule has 0 radical (unpaired) electrons. The van der Waals surface area contributed by atoms with Crippen molar-refractivity contribution in [2.75, 3.05) is 12.1 Å². The molecule has 0 saturated carbocycles. The second kappa shape index (κ2) is 6.23. The van der Waals surface area contributed by atoms with Crippen LogP contribution in [-0.2, 0) is 0 Å². The van der Waals surface area contributed by atoms with E-state index in [9.17, 15) is 4.79 Å². The number of likely N-dealkylation sites (tertiary alicyclic amines) is 1. The summed E-state index contributed by atoms with van der Waals surface area (Å²) in [4.78, 5) is 14.3. The van der Waals surface area contributed by atoms with Crippen LogP contribution in [0, 0.1) is 0 Å². The van der Waals surface area contributed by atoms with E-state index >= 15 is 0 Å². The second-order valence-corrected chi connectivity index (χ2v) is 5.08. The number of hydrogen-bond acceptors (Lipinski definition) is 2. The Morgan fingerprint density at radius 2 is 2.11 bits per heavy atom. The fourth-order valence-electron chi connectivity index (χ4n) is 2.32. The molecule has 2 rings (SSSR count). The molecule has 0 spiro atoms. The fraction of sp³-hybridized carbons (Fsp3) is 0.500. The highest BCUT2D eigenvalue weighted by Crippen LogP contribution is 2.20. The molecule has 1 aromatic carbocycles. The molecule has 0 aliphatic carbocycles. The Kier molecular flexibility index (Phi) is 4.64. The molecular weight excluding hydrogens is 294 g/mol. The first-order valence-corrected chi connectivity index (χ1v) is 7.44. The van der Waals surface area contributed by atoms with Crippen LogP contribution < -0.4 is 4.74 Å². The van der Waals surface area contributed by atoms with Crippen molar-refractivity contribution in [2.45, 2.75) is 32.2 Å². The zero-order valence-electron chi connectivity index (χ0n) is 10.6. The van der Waals surface area contributed by atoms with Crippen molar-refractivity contribution in [2.24, 2.45) is 0 Å². The van der Waals surface area contributed by atoms with Crippen molar-refractivity contribution in [1.82, 2.24) is 4.90 Å². The van der Waals surface area contributed by atoms with Gasteiger partial charge in [0.1, 0.15) is 11.3 Å². The zero-order chi connectivity index (χ0) is 13.0. The van der Waals surface area contributed by atoms with Crippen molar-refractivity contribution in [3.05, 3.63) is 29.8 Å². The summed E-state index contributed by atoms with van der Waals surface area (Å²) < 4.78 is 5.30. The van der Waals surface area contributed by atoms with Crippen molar-refractivity contribution in [1.29, 1.82) is 0 Å². The van der Waals surface area contributed by atoms with Gasteiger partial charge in [-0.25, -0.2) is 0 Å². The van der Waals surface area contributed by atoms with E-state index in [1.807, 2.05) is 29.2 Å². The number of piperidine rings is 1. The maximum Gasteiger partial charge on any atom is 0.254 e. The molecule has 98 valence electrons. The fourth-order valence-corrected chi connectivity index (χ4v) is 2.59. The van der Waals surface area contributed by atoms with E-state index in [-0.39, 0.29) is 5.91 Å². The normalized spacial score (nSPS) is 19.7. The monoisotopic (exact) mass is 311 g/mol. The largest absolute Gasteiger partial charge is 0.482 e. The first-order chi connectivity index (χ1) is 8.72. The van der Waals surface area contributed by atoms with E-state index < -0.39 is 0 Å². The molecule has 0 bridgehead atoms. The molecule has 1 unspecified atom stereocenters. The van der Waals surface area contributed by atoms with Crippen LogP contribution in [0.2, 0.25) is 0 Å². The molecule has 1 aliphatic rings. The van der Waals surface area contributed by atoms with Crippen molar-refractivity contribution < 1.29 is 9.53 Å². The number of benzene rings is 1. The second-order valence-electron chi connectivity index (χ2n) is 4.62. The van der Waals surface area contributed by atoms with Crippen molar-refractivity contribution in [3.8, 4) is 5.75 Å². The summed E-state index contributed by atoms with van der Waals surface area (Å²) in [5, 5.41) is 0. The maximum absolute atomic E-state index is 12.4. The molecule has 1 amide bonds. The third-order valence-electron chi connectivity index (χ3n) is 3.39. The molecule has 1 fully saturated rings. The first-order valence-electron chi connectivity index (χ1n) is 6.32. The topological polar surface area (TPSA) is 29.5 Å². The molecule has 1 aliphatic heterocycles. The Bertz CT molecular complexity index is 405. The summed E-state index contributed by atoms with van der Waals surface area (Å²) in [6.07, 6.45) is 3.44. The minimum atomic E-state index is 0.132. The summed E-state index contributed by atoms with van der Waals surface area (Å²) >= 11 is 3.21. The molecule has 1 aromatic rings. The standard InChI is InChI=1S/C14H18BrNO2/c1-11-4-2-3-9-16(11)14(17)12-5-7-13(8-6-12)18-10-15/h5-8,11H,2-4,9-10H2,1H3. The molecule has 4 heteroatoms. The van der Waals surface area contributed by atoms with Crippen LogP contribution in [0.1, 0.15) is 36.5 Å². The Morgan fingerprint density at radius 3 is 2.72 bits per heavy atom. The van der Waals surface area contributed by atoms with Crippen LogP contribution in [-0.4, -0.2) is 28.9 Å². The lowest BCUT2D eigenvalue weighted by Crippen LogP contribution is -2.41. The Balaban J connectivity index is 2.08. The van der Waals surface area contributed by atoms with Crippen LogP contribution >= 0.6 is 15.9 Å². The molecule has 0 aromatic heterocycles. The van der Waals surface area contributed by atoms with E-state index in [4.69, 9.17) is 4.74 Å². The van der Waals surface area contributed by atoms with Gasteiger partial charge in [0.05, 0.1) is 0 Å². The van der Waals surface area contributed by atoms with Gasteiger partial charge in [-0.1, -0.05) is 0 Å². The smallest absolute Gasteiger partial charge is 0.254 e. The number of amides is 1. The minimum absolute atomic E-state index is 0.132. The highest BCUT2D eigenvalue weighted by atomic mass is 79.9. The van der Waals surface area contributed by atoms with Gasteiger partial charge in [-0.05, 0) is 66.4 Å². The highest BCUT2D eigenvalue weighted by Gasteiger charge is 2.23. The van der Waals surface area contributed by atoms with Gasteiger partial charge in [0.15, 0.2) is 0 Å². The molecule has 1 atom stereocenters. The lowest BCUT2D eigenvalue weighted by Gasteiger charge is -2.33. The number of halogens is 1. The van der Waals surface area contributed by atoms with Crippen LogP contribution in [0.25, 0.3) is 0 Å². The van der Waals surface area contributed by atoms with Crippen LogP contribution in [0.4, 0.5) is 0 Å². The third-order valence-corrected chi connectivity index (χ3v) is 3.62. The number of ether oxygens (including phenoxy) is 1. The Labute approximate surface area is 116 Å². The predicted octanol–water partition coefficient (Wildman–Crippen LogP) is 3.43. The lowest BCUT2D eigenvalue weighted by molar-refractivity contribution is 0.0635. The number of rotatable bonds is 3. The SMILES string of the molecule is CC1CCCCN1C(=O)c1ccc(OCBr)cc1. The quantitative estimate of drug-likeness (QED) is 0.800. The number of nitrogens with zero attached hydrogens (tertiary/aromatic N) is 1. The predicted molar refractivity (Wildman–Crippen MR) is 75.2 cm³/mol. The van der Waals surface area contributed by atoms with Gasteiger partial charge >= 0.3 is 0 Å². The van der Waals surface area contributed by atoms with Gasteiger partial charge in [0, 0.05) is 18.2 Å². The summed E-state index contributed by atoms with van der Waals surface area (Å²) in [5.41, 5.74) is 1.20. The Hall–Kier alpha value is -1.03. The van der Waals surface area contributed by atoms with E-state index in [0.717, 1.165) is 30.7 Å². The summed E-state index contributed by atoms with van der Waals surface area (Å²) in [7, 11) is 0. The summed E-state index contributed by atoms with van der Waals surface area (Å²) in [6, 6.07) is 7.69. The van der Waals surface area contributed by atoms with Gasteiger partial charge < -0.3 is 9.64 Å². The van der Waals surface area contributed by atoms with Gasteiger partial charge in [-0.2, -0.15) is 0 Å². The van der Waals surface area contributed by atoms with Gasteiger partial charge in [0.25, 0.3) is 5.91 Å². The first kappa shape index (κ1) is 13.4. The number of carbonyl (C=O) groups is 1. The molecule has 1 saturated heterocycles.